The van der Waals surface area contributed by atoms with Gasteiger partial charge in [-0.05, 0) is 56.3 Å². The van der Waals surface area contributed by atoms with Crippen molar-refractivity contribution >= 4 is 16.1 Å². The third-order valence-electron chi connectivity index (χ3n) is 4.79. The maximum atomic E-state index is 11.4. The van der Waals surface area contributed by atoms with Crippen LogP contribution in [0.5, 0.6) is 0 Å². The highest BCUT2D eigenvalue weighted by Gasteiger charge is 2.52. The fraction of sp³-hybridized carbons (Fsp3) is 0.688. The molecule has 0 amide bonds. The van der Waals surface area contributed by atoms with E-state index in [2.05, 4.69) is 13.2 Å². The standard InChI is InChI=1S/C13H18O2.C3H5O3S/c1-2-12(14)15-13-6-9-3-10(7-13)5-11(4-9)8-13;1-2-3-7(4,5)6/h2,9-11H,1,3-8H2;2H,1,3H2. The van der Waals surface area contributed by atoms with Gasteiger partial charge >= 0.3 is 5.97 Å². The highest BCUT2D eigenvalue weighted by molar-refractivity contribution is 7.85. The lowest BCUT2D eigenvalue weighted by Crippen LogP contribution is -2.52. The van der Waals surface area contributed by atoms with Crippen molar-refractivity contribution < 1.29 is 22.5 Å². The fourth-order valence-corrected chi connectivity index (χ4v) is 4.84. The Morgan fingerprint density at radius 1 is 1.09 bits per heavy atom. The molecular weight excluding hydrogens is 304 g/mol. The quantitative estimate of drug-likeness (QED) is 0.451. The molecule has 0 aromatic rings. The van der Waals surface area contributed by atoms with Crippen LogP contribution in [0.15, 0.2) is 25.3 Å². The van der Waals surface area contributed by atoms with Crippen LogP contribution in [0.4, 0.5) is 0 Å². The third kappa shape index (κ3) is 4.43. The summed E-state index contributed by atoms with van der Waals surface area (Å²) in [7, 11) is -4.04. The molecule has 0 atom stereocenters. The summed E-state index contributed by atoms with van der Waals surface area (Å²) in [5.74, 6) is 1.78. The van der Waals surface area contributed by atoms with Gasteiger partial charge in [-0.25, -0.2) is 4.79 Å². The second-order valence-corrected chi connectivity index (χ2v) is 8.19. The lowest BCUT2D eigenvalue weighted by molar-refractivity contribution is -0.181. The lowest BCUT2D eigenvalue weighted by atomic mass is 9.54. The second-order valence-electron chi connectivity index (χ2n) is 6.74. The SMILES string of the molecule is C=CC(=O)OC12CC3CC(CC(C3)C1)C2.C=CCS([O])(=O)=O. The highest BCUT2D eigenvalue weighted by Crippen LogP contribution is 2.57. The molecular formula is C16H23O5S. The van der Waals surface area contributed by atoms with E-state index in [-0.39, 0.29) is 11.6 Å². The van der Waals surface area contributed by atoms with Crippen molar-refractivity contribution in [2.75, 3.05) is 5.75 Å². The van der Waals surface area contributed by atoms with Gasteiger partial charge in [-0.3, -0.25) is 0 Å². The summed E-state index contributed by atoms with van der Waals surface area (Å²) in [6.45, 7) is 6.55. The summed E-state index contributed by atoms with van der Waals surface area (Å²) in [5, 5.41) is 0. The van der Waals surface area contributed by atoms with E-state index in [9.17, 15) is 17.8 Å². The van der Waals surface area contributed by atoms with Crippen molar-refractivity contribution in [3.8, 4) is 0 Å². The number of ether oxygens (including phenoxy) is 1. The first kappa shape index (κ1) is 17.2. The zero-order chi connectivity index (χ0) is 16.4. The van der Waals surface area contributed by atoms with Crippen LogP contribution in [0.3, 0.4) is 0 Å². The minimum atomic E-state index is -4.04. The van der Waals surface area contributed by atoms with E-state index in [1.54, 1.807) is 0 Å². The number of hydrogen-bond acceptors (Lipinski definition) is 4. The largest absolute Gasteiger partial charge is 0.456 e. The Kier molecular flexibility index (Phi) is 5.12. The number of carbonyl (C=O) groups is 1. The highest BCUT2D eigenvalue weighted by atomic mass is 32.2. The first-order chi connectivity index (χ1) is 10.3. The second kappa shape index (κ2) is 6.54. The van der Waals surface area contributed by atoms with Gasteiger partial charge in [0.2, 0.25) is 0 Å². The average Bonchev–Trinajstić information content (AvgIpc) is 2.35. The molecule has 0 aromatic carbocycles. The van der Waals surface area contributed by atoms with E-state index in [0.717, 1.165) is 43.1 Å². The Labute approximate surface area is 132 Å². The van der Waals surface area contributed by atoms with Crippen LogP contribution in [0.25, 0.3) is 0 Å². The lowest BCUT2D eigenvalue weighted by Gasteiger charge is -2.55. The van der Waals surface area contributed by atoms with E-state index in [1.165, 1.54) is 25.3 Å². The Hall–Kier alpha value is -1.14. The molecule has 0 heterocycles. The molecule has 6 heteroatoms. The van der Waals surface area contributed by atoms with Crippen molar-refractivity contribution in [3.63, 3.8) is 0 Å². The molecule has 0 N–H and O–H groups in total. The van der Waals surface area contributed by atoms with E-state index in [4.69, 9.17) is 4.74 Å². The number of rotatable bonds is 4. The summed E-state index contributed by atoms with van der Waals surface area (Å²) < 4.78 is 34.5. The van der Waals surface area contributed by atoms with Gasteiger partial charge in [-0.1, -0.05) is 17.2 Å². The normalized spacial score (nSPS) is 35.2. The molecule has 4 aliphatic rings. The van der Waals surface area contributed by atoms with Crippen molar-refractivity contribution in [3.05, 3.63) is 25.3 Å². The van der Waals surface area contributed by atoms with Crippen LogP contribution in [0.2, 0.25) is 0 Å². The Morgan fingerprint density at radius 3 is 1.82 bits per heavy atom. The Bertz CT molecular complexity index is 514. The molecule has 4 bridgehead atoms. The van der Waals surface area contributed by atoms with Gasteiger partial charge in [-0.15, -0.1) is 6.58 Å². The van der Waals surface area contributed by atoms with Crippen LogP contribution < -0.4 is 0 Å². The summed E-state index contributed by atoms with van der Waals surface area (Å²) in [6, 6.07) is 0. The molecule has 123 valence electrons. The predicted octanol–water partition coefficient (Wildman–Crippen LogP) is 2.62. The molecule has 0 aliphatic heterocycles. The van der Waals surface area contributed by atoms with E-state index < -0.39 is 15.9 Å². The third-order valence-corrected chi connectivity index (χ3v) is 5.43. The van der Waals surface area contributed by atoms with Crippen molar-refractivity contribution in [2.45, 2.75) is 44.1 Å². The van der Waals surface area contributed by atoms with Gasteiger partial charge < -0.3 is 4.74 Å². The summed E-state index contributed by atoms with van der Waals surface area (Å²) >= 11 is 0. The molecule has 1 radical (unpaired) electrons. The van der Waals surface area contributed by atoms with E-state index in [0.29, 0.717) is 0 Å². The smallest absolute Gasteiger partial charge is 0.330 e. The summed E-state index contributed by atoms with van der Waals surface area (Å²) in [5.41, 5.74) is -0.0972. The van der Waals surface area contributed by atoms with Crippen LogP contribution in [0.1, 0.15) is 38.5 Å². The first-order valence-corrected chi connectivity index (χ1v) is 9.23. The minimum absolute atomic E-state index is 0.0972. The number of hydrogen-bond donors (Lipinski definition) is 0. The van der Waals surface area contributed by atoms with Gasteiger partial charge in [0.05, 0.1) is 5.75 Å². The molecule has 4 fully saturated rings. The fourth-order valence-electron chi connectivity index (χ4n) is 4.56. The Morgan fingerprint density at radius 2 is 1.55 bits per heavy atom. The number of carbonyl (C=O) groups excluding carboxylic acids is 1. The Balaban J connectivity index is 0.000000217. The molecule has 5 nitrogen and oxygen atoms in total. The summed E-state index contributed by atoms with van der Waals surface area (Å²) in [6.07, 6.45) is 9.83. The molecule has 4 aliphatic carbocycles. The van der Waals surface area contributed by atoms with Gasteiger partial charge in [0.25, 0.3) is 10.1 Å². The number of esters is 1. The molecule has 0 spiro atoms. The van der Waals surface area contributed by atoms with E-state index in [1.807, 2.05) is 0 Å². The van der Waals surface area contributed by atoms with Crippen LogP contribution >= 0.6 is 0 Å². The first-order valence-electron chi connectivity index (χ1n) is 7.65. The summed E-state index contributed by atoms with van der Waals surface area (Å²) in [4.78, 5) is 11.4. The van der Waals surface area contributed by atoms with Gasteiger partial charge in [0, 0.05) is 6.08 Å². The molecule has 0 unspecified atom stereocenters. The van der Waals surface area contributed by atoms with Gasteiger partial charge in [-0.2, -0.15) is 8.42 Å². The molecule has 0 saturated heterocycles. The maximum absolute atomic E-state index is 11.4. The molecule has 4 saturated carbocycles. The topological polar surface area (TPSA) is 80.3 Å². The monoisotopic (exact) mass is 327 g/mol. The zero-order valence-electron chi connectivity index (χ0n) is 12.7. The van der Waals surface area contributed by atoms with Gasteiger partial charge in [0.15, 0.2) is 0 Å². The molecule has 0 aromatic heterocycles. The molecule has 22 heavy (non-hydrogen) atoms. The van der Waals surface area contributed by atoms with E-state index >= 15 is 0 Å². The van der Waals surface area contributed by atoms with Crippen LogP contribution in [-0.4, -0.2) is 25.7 Å². The van der Waals surface area contributed by atoms with Crippen LogP contribution in [0, 0.1) is 17.8 Å². The van der Waals surface area contributed by atoms with Crippen molar-refractivity contribution in [1.82, 2.24) is 0 Å². The van der Waals surface area contributed by atoms with Gasteiger partial charge in [0.1, 0.15) is 5.60 Å². The van der Waals surface area contributed by atoms with Crippen molar-refractivity contribution in [1.29, 1.82) is 0 Å². The predicted molar refractivity (Wildman–Crippen MR) is 81.9 cm³/mol. The average molecular weight is 327 g/mol. The molecule has 4 rings (SSSR count). The van der Waals surface area contributed by atoms with Crippen molar-refractivity contribution in [2.24, 2.45) is 17.8 Å². The zero-order valence-corrected chi connectivity index (χ0v) is 13.5. The van der Waals surface area contributed by atoms with Crippen LogP contribution in [-0.2, 0) is 24.2 Å². The minimum Gasteiger partial charge on any atom is -0.456 e. The maximum Gasteiger partial charge on any atom is 0.330 e.